The zero-order valence-corrected chi connectivity index (χ0v) is 16.9. The third kappa shape index (κ3) is 2.79. The number of benzene rings is 1. The maximum Gasteiger partial charge on any atom is 0.203 e. The minimum atomic E-state index is 0.335. The van der Waals surface area contributed by atoms with Crippen LogP contribution in [0.25, 0.3) is 11.3 Å². The minimum absolute atomic E-state index is 0.335. The van der Waals surface area contributed by atoms with Gasteiger partial charge in [-0.1, -0.05) is 50.0 Å². The van der Waals surface area contributed by atoms with Crippen molar-refractivity contribution in [3.05, 3.63) is 33.6 Å². The molecule has 6 heteroatoms. The minimum Gasteiger partial charge on any atom is -0.253 e. The molecule has 0 unspecified atom stereocenters. The summed E-state index contributed by atoms with van der Waals surface area (Å²) in [6.07, 6.45) is 3.64. The molecule has 3 nitrogen and oxygen atoms in total. The predicted molar refractivity (Wildman–Crippen MR) is 108 cm³/mol. The molecule has 1 heterocycles. The fraction of sp³-hybridized carbons (Fsp3) is 0.474. The molecule has 1 aromatic carbocycles. The number of hydrazone groups is 1. The highest BCUT2D eigenvalue weighted by molar-refractivity contribution is 7.14. The van der Waals surface area contributed by atoms with Crippen LogP contribution in [-0.2, 0) is 0 Å². The normalized spacial score (nSPS) is 28.7. The van der Waals surface area contributed by atoms with Crippen LogP contribution in [0.1, 0.15) is 40.0 Å². The molecule has 2 saturated carbocycles. The SMILES string of the molecule is CC1(C)[C@@H]2CC[C@]1(C)C/C2=N\Nc1nc(-c2ccc(Cl)c(Cl)c2)cs1. The van der Waals surface area contributed by atoms with Gasteiger partial charge in [0.1, 0.15) is 0 Å². The molecule has 2 aliphatic carbocycles. The van der Waals surface area contributed by atoms with E-state index < -0.39 is 0 Å². The summed E-state index contributed by atoms with van der Waals surface area (Å²) in [5, 5.41) is 8.63. The summed E-state index contributed by atoms with van der Waals surface area (Å²) in [5.74, 6) is 0.583. The van der Waals surface area contributed by atoms with Crippen LogP contribution >= 0.6 is 34.5 Å². The fourth-order valence-corrected chi connectivity index (χ4v) is 5.30. The second-order valence-electron chi connectivity index (χ2n) is 7.93. The van der Waals surface area contributed by atoms with Gasteiger partial charge >= 0.3 is 0 Å². The topological polar surface area (TPSA) is 37.3 Å². The highest BCUT2D eigenvalue weighted by atomic mass is 35.5. The lowest BCUT2D eigenvalue weighted by Crippen LogP contribution is -2.26. The summed E-state index contributed by atoms with van der Waals surface area (Å²) < 4.78 is 0. The van der Waals surface area contributed by atoms with Crippen molar-refractivity contribution >= 4 is 45.4 Å². The summed E-state index contributed by atoms with van der Waals surface area (Å²) in [4.78, 5) is 4.63. The Hall–Kier alpha value is -1.10. The van der Waals surface area contributed by atoms with E-state index in [0.717, 1.165) is 22.8 Å². The van der Waals surface area contributed by atoms with Crippen LogP contribution in [0.15, 0.2) is 28.7 Å². The largest absolute Gasteiger partial charge is 0.253 e. The summed E-state index contributed by atoms with van der Waals surface area (Å²) in [5.41, 5.74) is 7.03. The molecule has 4 rings (SSSR count). The molecule has 25 heavy (non-hydrogen) atoms. The number of thiazole rings is 1. The summed E-state index contributed by atoms with van der Waals surface area (Å²) in [6, 6.07) is 5.57. The number of rotatable bonds is 3. The number of nitrogens with zero attached hydrogens (tertiary/aromatic N) is 2. The van der Waals surface area contributed by atoms with Crippen LogP contribution in [0, 0.1) is 16.7 Å². The first-order valence-electron chi connectivity index (χ1n) is 8.54. The number of aromatic nitrogens is 1. The van der Waals surface area contributed by atoms with Crippen molar-refractivity contribution in [1.29, 1.82) is 0 Å². The van der Waals surface area contributed by atoms with E-state index in [0.29, 0.717) is 26.8 Å². The van der Waals surface area contributed by atoms with Gasteiger partial charge in [0.2, 0.25) is 5.13 Å². The average molecular weight is 394 g/mol. The molecule has 132 valence electrons. The number of halogens is 2. The first-order valence-corrected chi connectivity index (χ1v) is 10.2. The molecule has 0 radical (unpaired) electrons. The van der Waals surface area contributed by atoms with Crippen LogP contribution in [0.4, 0.5) is 5.13 Å². The van der Waals surface area contributed by atoms with Gasteiger partial charge in [0, 0.05) is 22.6 Å². The maximum absolute atomic E-state index is 6.10. The molecule has 0 spiro atoms. The van der Waals surface area contributed by atoms with Gasteiger partial charge in [-0.3, -0.25) is 5.43 Å². The summed E-state index contributed by atoms with van der Waals surface area (Å²) in [6.45, 7) is 7.18. The molecule has 0 saturated heterocycles. The molecule has 1 N–H and O–H groups in total. The highest BCUT2D eigenvalue weighted by Gasteiger charge is 2.59. The van der Waals surface area contributed by atoms with Gasteiger partial charge in [-0.05, 0) is 42.2 Å². The number of fused-ring (bicyclic) bond motifs is 2. The van der Waals surface area contributed by atoms with Crippen LogP contribution in [-0.4, -0.2) is 10.7 Å². The lowest BCUT2D eigenvalue weighted by Gasteiger charge is -2.33. The van der Waals surface area contributed by atoms with Gasteiger partial charge in [-0.2, -0.15) is 5.10 Å². The Morgan fingerprint density at radius 1 is 1.24 bits per heavy atom. The number of hydrogen-bond donors (Lipinski definition) is 1. The van der Waals surface area contributed by atoms with E-state index in [2.05, 4.69) is 31.2 Å². The van der Waals surface area contributed by atoms with E-state index >= 15 is 0 Å². The van der Waals surface area contributed by atoms with Crippen molar-refractivity contribution in [3.63, 3.8) is 0 Å². The third-order valence-corrected chi connectivity index (χ3v) is 7.89. The Morgan fingerprint density at radius 2 is 2.04 bits per heavy atom. The molecule has 1 aromatic heterocycles. The lowest BCUT2D eigenvalue weighted by molar-refractivity contribution is 0.152. The lowest BCUT2D eigenvalue weighted by atomic mass is 9.71. The number of nitrogens with one attached hydrogen (secondary N) is 1. The molecule has 0 aliphatic heterocycles. The van der Waals surface area contributed by atoms with Gasteiger partial charge in [0.25, 0.3) is 0 Å². The summed E-state index contributed by atoms with van der Waals surface area (Å²) >= 11 is 13.6. The molecule has 2 aromatic rings. The van der Waals surface area contributed by atoms with Crippen LogP contribution < -0.4 is 5.43 Å². The van der Waals surface area contributed by atoms with E-state index in [1.165, 1.54) is 18.6 Å². The van der Waals surface area contributed by atoms with E-state index in [9.17, 15) is 0 Å². The first kappa shape index (κ1) is 17.3. The van der Waals surface area contributed by atoms with Crippen molar-refractivity contribution in [2.24, 2.45) is 21.8 Å². The molecule has 2 aliphatic rings. The quantitative estimate of drug-likeness (QED) is 0.586. The zero-order chi connectivity index (χ0) is 17.8. The van der Waals surface area contributed by atoms with Crippen molar-refractivity contribution < 1.29 is 0 Å². The average Bonchev–Trinajstić information content (AvgIpc) is 3.17. The Kier molecular flexibility index (Phi) is 4.13. The zero-order valence-electron chi connectivity index (χ0n) is 14.6. The smallest absolute Gasteiger partial charge is 0.203 e. The van der Waals surface area contributed by atoms with E-state index in [4.69, 9.17) is 28.3 Å². The number of hydrogen-bond acceptors (Lipinski definition) is 4. The van der Waals surface area contributed by atoms with Crippen molar-refractivity contribution in [3.8, 4) is 11.3 Å². The molecular formula is C19H21Cl2N3S. The van der Waals surface area contributed by atoms with E-state index in [1.807, 2.05) is 17.5 Å². The summed E-state index contributed by atoms with van der Waals surface area (Å²) in [7, 11) is 0. The molecule has 2 atom stereocenters. The first-order chi connectivity index (χ1) is 11.8. The van der Waals surface area contributed by atoms with Crippen LogP contribution in [0.2, 0.25) is 10.0 Å². The Bertz CT molecular complexity index is 855. The molecule has 2 bridgehead atoms. The van der Waals surface area contributed by atoms with E-state index in [1.54, 1.807) is 17.4 Å². The van der Waals surface area contributed by atoms with Crippen LogP contribution in [0.5, 0.6) is 0 Å². The van der Waals surface area contributed by atoms with Crippen molar-refractivity contribution in [1.82, 2.24) is 4.98 Å². The monoisotopic (exact) mass is 393 g/mol. The highest BCUT2D eigenvalue weighted by Crippen LogP contribution is 2.64. The van der Waals surface area contributed by atoms with Gasteiger partial charge in [0.05, 0.1) is 15.7 Å². The van der Waals surface area contributed by atoms with Crippen molar-refractivity contribution in [2.75, 3.05) is 5.43 Å². The Labute approximate surface area is 162 Å². The number of anilines is 1. The Morgan fingerprint density at radius 3 is 2.68 bits per heavy atom. The third-order valence-electron chi connectivity index (χ3n) is 6.40. The maximum atomic E-state index is 6.10. The second kappa shape index (κ2) is 5.97. The van der Waals surface area contributed by atoms with Gasteiger partial charge in [-0.25, -0.2) is 4.98 Å². The van der Waals surface area contributed by atoms with E-state index in [-0.39, 0.29) is 0 Å². The van der Waals surface area contributed by atoms with Crippen LogP contribution in [0.3, 0.4) is 0 Å². The molecule has 0 amide bonds. The van der Waals surface area contributed by atoms with Gasteiger partial charge in [-0.15, -0.1) is 11.3 Å². The predicted octanol–water partition coefficient (Wildman–Crippen LogP) is 6.73. The fourth-order valence-electron chi connectivity index (χ4n) is 4.34. The van der Waals surface area contributed by atoms with Crippen molar-refractivity contribution in [2.45, 2.75) is 40.0 Å². The Balaban J connectivity index is 1.52. The molecule has 2 fully saturated rings. The van der Waals surface area contributed by atoms with Gasteiger partial charge in [0.15, 0.2) is 0 Å². The molecular weight excluding hydrogens is 373 g/mol. The standard InChI is InChI=1S/C19H21Cl2N3S/c1-18(2)12-6-7-19(18,3)9-15(12)23-24-17-22-16(10-25-17)11-4-5-13(20)14(21)8-11/h4-5,8,10,12H,6-7,9H2,1-3H3,(H,22,24)/b23-15+/t12-,19-/m1/s1. The van der Waals surface area contributed by atoms with Gasteiger partial charge < -0.3 is 0 Å². The second-order valence-corrected chi connectivity index (χ2v) is 9.60.